The van der Waals surface area contributed by atoms with E-state index in [1.807, 2.05) is 39.0 Å². The van der Waals surface area contributed by atoms with E-state index in [9.17, 15) is 0 Å². The molecule has 0 radical (unpaired) electrons. The standard InChI is InChI=1S/C15H16Cl3NO/c1-8-4-7-13(20-8)10(3)19-9(2)11-5-6-12(16)15(18)14(11)17/h4-7,9-10,19H,1-3H3. The van der Waals surface area contributed by atoms with Gasteiger partial charge in [0.2, 0.25) is 0 Å². The van der Waals surface area contributed by atoms with Crippen LogP contribution in [-0.4, -0.2) is 0 Å². The maximum Gasteiger partial charge on any atom is 0.120 e. The van der Waals surface area contributed by atoms with Gasteiger partial charge in [0.1, 0.15) is 11.5 Å². The molecule has 20 heavy (non-hydrogen) atoms. The minimum absolute atomic E-state index is 0.0256. The minimum atomic E-state index is 0.0256. The van der Waals surface area contributed by atoms with E-state index < -0.39 is 0 Å². The third-order valence-corrected chi connectivity index (χ3v) is 4.53. The first-order valence-corrected chi connectivity index (χ1v) is 7.49. The molecule has 2 aromatic rings. The number of aryl methyl sites for hydroxylation is 1. The Morgan fingerprint density at radius 1 is 0.950 bits per heavy atom. The predicted molar refractivity (Wildman–Crippen MR) is 84.9 cm³/mol. The molecule has 1 heterocycles. The van der Waals surface area contributed by atoms with E-state index in [1.54, 1.807) is 6.07 Å². The molecule has 0 aliphatic heterocycles. The Hall–Kier alpha value is -0.670. The first-order valence-electron chi connectivity index (χ1n) is 6.36. The zero-order valence-electron chi connectivity index (χ0n) is 11.5. The van der Waals surface area contributed by atoms with Crippen molar-refractivity contribution in [2.45, 2.75) is 32.9 Å². The van der Waals surface area contributed by atoms with Gasteiger partial charge in [-0.25, -0.2) is 0 Å². The highest BCUT2D eigenvalue weighted by Crippen LogP contribution is 2.36. The van der Waals surface area contributed by atoms with E-state index in [2.05, 4.69) is 5.32 Å². The normalized spacial score (nSPS) is 14.3. The van der Waals surface area contributed by atoms with Crippen molar-refractivity contribution in [3.05, 3.63) is 56.4 Å². The highest BCUT2D eigenvalue weighted by Gasteiger charge is 2.18. The summed E-state index contributed by atoms with van der Waals surface area (Å²) in [5.74, 6) is 1.79. The van der Waals surface area contributed by atoms with Crippen LogP contribution < -0.4 is 5.32 Å². The van der Waals surface area contributed by atoms with Crippen molar-refractivity contribution < 1.29 is 4.42 Å². The molecule has 0 bridgehead atoms. The van der Waals surface area contributed by atoms with Crippen LogP contribution in [0.1, 0.15) is 43.0 Å². The van der Waals surface area contributed by atoms with Crippen molar-refractivity contribution in [3.8, 4) is 0 Å². The molecule has 0 amide bonds. The van der Waals surface area contributed by atoms with Gasteiger partial charge in [0, 0.05) is 6.04 Å². The molecule has 1 N–H and O–H groups in total. The summed E-state index contributed by atoms with van der Waals surface area (Å²) in [4.78, 5) is 0. The summed E-state index contributed by atoms with van der Waals surface area (Å²) in [6.07, 6.45) is 0. The van der Waals surface area contributed by atoms with Crippen LogP contribution in [0.3, 0.4) is 0 Å². The van der Waals surface area contributed by atoms with E-state index in [0.717, 1.165) is 17.1 Å². The fourth-order valence-corrected chi connectivity index (χ4v) is 2.81. The summed E-state index contributed by atoms with van der Waals surface area (Å²) >= 11 is 18.3. The van der Waals surface area contributed by atoms with Crippen molar-refractivity contribution in [1.82, 2.24) is 5.32 Å². The summed E-state index contributed by atoms with van der Waals surface area (Å²) in [6.45, 7) is 5.99. The monoisotopic (exact) mass is 331 g/mol. The Bertz CT molecular complexity index is 609. The molecule has 2 rings (SSSR count). The second kappa shape index (κ2) is 6.40. The number of benzene rings is 1. The number of hydrogen-bond acceptors (Lipinski definition) is 2. The number of halogens is 3. The molecule has 0 saturated heterocycles. The lowest BCUT2D eigenvalue weighted by Crippen LogP contribution is -2.22. The predicted octanol–water partition coefficient (Wildman–Crippen LogP) is 5.96. The Labute approximate surface area is 134 Å². The number of hydrogen-bond donors (Lipinski definition) is 1. The Morgan fingerprint density at radius 2 is 1.65 bits per heavy atom. The van der Waals surface area contributed by atoms with E-state index >= 15 is 0 Å². The number of nitrogens with one attached hydrogen (secondary N) is 1. The molecule has 1 aromatic carbocycles. The second-order valence-corrected chi connectivity index (χ2v) is 5.99. The van der Waals surface area contributed by atoms with Crippen LogP contribution in [0.15, 0.2) is 28.7 Å². The summed E-state index contributed by atoms with van der Waals surface area (Å²) in [5, 5.41) is 4.77. The Balaban J connectivity index is 2.16. The molecule has 2 atom stereocenters. The average Bonchev–Trinajstić information content (AvgIpc) is 2.82. The van der Waals surface area contributed by atoms with Crippen LogP contribution in [0, 0.1) is 6.92 Å². The second-order valence-electron chi connectivity index (χ2n) is 4.82. The molecule has 0 spiro atoms. The molecule has 0 fully saturated rings. The molecule has 108 valence electrons. The summed E-state index contributed by atoms with van der Waals surface area (Å²) in [6, 6.07) is 7.65. The van der Waals surface area contributed by atoms with Gasteiger partial charge in [-0.1, -0.05) is 40.9 Å². The van der Waals surface area contributed by atoms with Crippen LogP contribution in [0.2, 0.25) is 15.1 Å². The van der Waals surface area contributed by atoms with E-state index in [1.165, 1.54) is 0 Å². The SMILES string of the molecule is Cc1ccc(C(C)NC(C)c2ccc(Cl)c(Cl)c2Cl)o1. The lowest BCUT2D eigenvalue weighted by molar-refractivity contribution is 0.392. The van der Waals surface area contributed by atoms with Crippen LogP contribution in [0.4, 0.5) is 0 Å². The lowest BCUT2D eigenvalue weighted by Gasteiger charge is -2.20. The van der Waals surface area contributed by atoms with Crippen molar-refractivity contribution in [2.75, 3.05) is 0 Å². The van der Waals surface area contributed by atoms with Gasteiger partial charge in [0.25, 0.3) is 0 Å². The van der Waals surface area contributed by atoms with Gasteiger partial charge in [0.05, 0.1) is 21.1 Å². The van der Waals surface area contributed by atoms with Crippen molar-refractivity contribution in [1.29, 1.82) is 0 Å². The molecule has 0 aliphatic rings. The number of furan rings is 1. The molecule has 2 unspecified atom stereocenters. The van der Waals surface area contributed by atoms with Crippen molar-refractivity contribution in [2.24, 2.45) is 0 Å². The maximum atomic E-state index is 6.25. The van der Waals surface area contributed by atoms with Gasteiger partial charge in [0.15, 0.2) is 0 Å². The number of rotatable bonds is 4. The van der Waals surface area contributed by atoms with Crippen molar-refractivity contribution in [3.63, 3.8) is 0 Å². The summed E-state index contributed by atoms with van der Waals surface area (Å²) < 4.78 is 5.61. The maximum absolute atomic E-state index is 6.25. The Morgan fingerprint density at radius 3 is 2.25 bits per heavy atom. The van der Waals surface area contributed by atoms with Gasteiger partial charge < -0.3 is 9.73 Å². The molecule has 1 aromatic heterocycles. The molecular formula is C15H16Cl3NO. The zero-order chi connectivity index (χ0) is 14.9. The molecular weight excluding hydrogens is 317 g/mol. The smallest absolute Gasteiger partial charge is 0.120 e. The van der Waals surface area contributed by atoms with Gasteiger partial charge in [-0.2, -0.15) is 0 Å². The van der Waals surface area contributed by atoms with E-state index in [-0.39, 0.29) is 12.1 Å². The third-order valence-electron chi connectivity index (χ3n) is 3.22. The highest BCUT2D eigenvalue weighted by molar-refractivity contribution is 6.48. The van der Waals surface area contributed by atoms with E-state index in [0.29, 0.717) is 15.1 Å². The summed E-state index contributed by atoms with van der Waals surface area (Å²) in [7, 11) is 0. The van der Waals surface area contributed by atoms with Crippen LogP contribution in [-0.2, 0) is 0 Å². The molecule has 5 heteroatoms. The third kappa shape index (κ3) is 3.32. The van der Waals surface area contributed by atoms with Gasteiger partial charge >= 0.3 is 0 Å². The van der Waals surface area contributed by atoms with Crippen LogP contribution >= 0.6 is 34.8 Å². The zero-order valence-corrected chi connectivity index (χ0v) is 13.8. The van der Waals surface area contributed by atoms with Gasteiger partial charge in [-0.05, 0) is 44.5 Å². The van der Waals surface area contributed by atoms with Crippen LogP contribution in [0.25, 0.3) is 0 Å². The fraction of sp³-hybridized carbons (Fsp3) is 0.333. The molecule has 2 nitrogen and oxygen atoms in total. The first-order chi connectivity index (χ1) is 9.40. The lowest BCUT2D eigenvalue weighted by atomic mass is 10.1. The minimum Gasteiger partial charge on any atom is -0.465 e. The van der Waals surface area contributed by atoms with Crippen molar-refractivity contribution >= 4 is 34.8 Å². The topological polar surface area (TPSA) is 25.2 Å². The van der Waals surface area contributed by atoms with E-state index in [4.69, 9.17) is 39.2 Å². The highest BCUT2D eigenvalue weighted by atomic mass is 35.5. The average molecular weight is 333 g/mol. The molecule has 0 saturated carbocycles. The quantitative estimate of drug-likeness (QED) is 0.699. The fourth-order valence-electron chi connectivity index (χ4n) is 2.11. The summed E-state index contributed by atoms with van der Waals surface area (Å²) in [5.41, 5.74) is 0.913. The first kappa shape index (κ1) is 15.7. The largest absolute Gasteiger partial charge is 0.465 e. The Kier molecular flexibility index (Phi) is 5.03. The van der Waals surface area contributed by atoms with Gasteiger partial charge in [-0.3, -0.25) is 0 Å². The van der Waals surface area contributed by atoms with Crippen LogP contribution in [0.5, 0.6) is 0 Å². The van der Waals surface area contributed by atoms with Gasteiger partial charge in [-0.15, -0.1) is 0 Å². The molecule has 0 aliphatic carbocycles.